The van der Waals surface area contributed by atoms with Crippen molar-refractivity contribution < 1.29 is 32.5 Å². The molecule has 1 aliphatic heterocycles. The van der Waals surface area contributed by atoms with Gasteiger partial charge in [0.15, 0.2) is 11.2 Å². The maximum atomic E-state index is 12.6. The fraction of sp³-hybridized carbons (Fsp3) is 0.400. The number of halogens is 4. The highest BCUT2D eigenvalue weighted by Crippen LogP contribution is 2.45. The van der Waals surface area contributed by atoms with Crippen LogP contribution in [-0.4, -0.2) is 22.1 Å². The van der Waals surface area contributed by atoms with E-state index in [9.17, 15) is 18.0 Å². The molecule has 0 aliphatic carbocycles. The van der Waals surface area contributed by atoms with Crippen LogP contribution in [0.4, 0.5) is 13.2 Å². The van der Waals surface area contributed by atoms with E-state index in [1.165, 1.54) is 6.92 Å². The normalized spacial score (nSPS) is 22.2. The van der Waals surface area contributed by atoms with Crippen molar-refractivity contribution in [2.75, 3.05) is 0 Å². The minimum Gasteiger partial charge on any atom is -0.479 e. The Balaban J connectivity index is 2.04. The number of hydrogen-bond donors (Lipinski definition) is 1. The van der Waals surface area contributed by atoms with Gasteiger partial charge >= 0.3 is 12.1 Å². The van der Waals surface area contributed by atoms with Gasteiger partial charge in [-0.1, -0.05) is 23.4 Å². The molecule has 0 fully saturated rings. The molecule has 0 spiro atoms. The number of rotatable bonds is 5. The Bertz CT molecular complexity index is 677. The first-order valence-electron chi connectivity index (χ1n) is 6.84. The number of benzene rings is 1. The summed E-state index contributed by atoms with van der Waals surface area (Å²) >= 11 is 6.98. The molecular formula is C15H14ClF3O4S. The maximum absolute atomic E-state index is 12.6. The van der Waals surface area contributed by atoms with Crippen LogP contribution in [0.2, 0.25) is 5.02 Å². The van der Waals surface area contributed by atoms with Crippen LogP contribution in [0.3, 0.4) is 0 Å². The molecule has 2 rings (SSSR count). The average molecular weight is 383 g/mol. The van der Waals surface area contributed by atoms with Crippen molar-refractivity contribution in [1.29, 1.82) is 0 Å². The third kappa shape index (κ3) is 4.58. The standard InChI is InChI=1S/C15H14ClF3O4S/c1-8(13(20)21)23-14(2)6-5-12(24-14)22-11-4-3-9(7-10(11)16)15(17,18)19/h3-5,7-8H,6H2,1-2H3,(H,20,21). The number of carbonyl (C=O) groups is 1. The highest BCUT2D eigenvalue weighted by Gasteiger charge is 2.37. The number of hydrogen-bond acceptors (Lipinski definition) is 4. The number of aliphatic carboxylic acids is 1. The van der Waals surface area contributed by atoms with Crippen LogP contribution >= 0.6 is 23.4 Å². The minimum absolute atomic E-state index is 0.0824. The topological polar surface area (TPSA) is 55.8 Å². The van der Waals surface area contributed by atoms with Crippen LogP contribution < -0.4 is 4.74 Å². The summed E-state index contributed by atoms with van der Waals surface area (Å²) in [6, 6.07) is 2.81. The lowest BCUT2D eigenvalue weighted by molar-refractivity contribution is -0.153. The molecule has 1 heterocycles. The lowest BCUT2D eigenvalue weighted by Crippen LogP contribution is -2.31. The van der Waals surface area contributed by atoms with Gasteiger partial charge in [-0.2, -0.15) is 13.2 Å². The fourth-order valence-corrected chi connectivity index (χ4v) is 3.29. The van der Waals surface area contributed by atoms with Gasteiger partial charge < -0.3 is 14.6 Å². The molecule has 4 nitrogen and oxygen atoms in total. The van der Waals surface area contributed by atoms with Gasteiger partial charge in [0.05, 0.1) is 10.6 Å². The summed E-state index contributed by atoms with van der Waals surface area (Å²) in [5.74, 6) is -1.00. The van der Waals surface area contributed by atoms with Crippen LogP contribution in [0.15, 0.2) is 29.4 Å². The van der Waals surface area contributed by atoms with Gasteiger partial charge in [-0.05, 0) is 38.1 Å². The Morgan fingerprint density at radius 2 is 2.12 bits per heavy atom. The largest absolute Gasteiger partial charge is 0.479 e. The zero-order valence-electron chi connectivity index (χ0n) is 12.7. The molecule has 2 unspecified atom stereocenters. The smallest absolute Gasteiger partial charge is 0.416 e. The highest BCUT2D eigenvalue weighted by molar-refractivity contribution is 8.04. The Hall–Kier alpha value is -1.38. The summed E-state index contributed by atoms with van der Waals surface area (Å²) in [6.07, 6.45) is -3.41. The number of alkyl halides is 3. The quantitative estimate of drug-likeness (QED) is 0.783. The van der Waals surface area contributed by atoms with E-state index < -0.39 is 28.7 Å². The third-order valence-electron chi connectivity index (χ3n) is 3.20. The fourth-order valence-electron chi connectivity index (χ4n) is 1.99. The van der Waals surface area contributed by atoms with E-state index in [0.29, 0.717) is 11.5 Å². The van der Waals surface area contributed by atoms with E-state index in [1.807, 2.05) is 0 Å². The summed E-state index contributed by atoms with van der Waals surface area (Å²) in [5, 5.41) is 9.11. The highest BCUT2D eigenvalue weighted by atomic mass is 35.5. The first-order chi connectivity index (χ1) is 11.0. The van der Waals surface area contributed by atoms with Crippen LogP contribution in [0.1, 0.15) is 25.8 Å². The predicted molar refractivity (Wildman–Crippen MR) is 84.0 cm³/mol. The van der Waals surface area contributed by atoms with Crippen molar-refractivity contribution in [2.24, 2.45) is 0 Å². The second-order valence-corrected chi connectivity index (χ2v) is 7.18. The zero-order valence-corrected chi connectivity index (χ0v) is 14.3. The van der Waals surface area contributed by atoms with E-state index in [0.717, 1.165) is 30.0 Å². The molecule has 24 heavy (non-hydrogen) atoms. The summed E-state index contributed by atoms with van der Waals surface area (Å²) in [5.41, 5.74) is -0.864. The monoisotopic (exact) mass is 382 g/mol. The average Bonchev–Trinajstić information content (AvgIpc) is 2.80. The molecule has 0 radical (unpaired) electrons. The van der Waals surface area contributed by atoms with Gasteiger partial charge in [-0.15, -0.1) is 0 Å². The van der Waals surface area contributed by atoms with Crippen molar-refractivity contribution in [3.05, 3.63) is 40.0 Å². The van der Waals surface area contributed by atoms with Gasteiger partial charge in [0.2, 0.25) is 0 Å². The molecular weight excluding hydrogens is 369 g/mol. The molecule has 1 aliphatic rings. The SMILES string of the molecule is CC(OC1(C)CC=C(Oc2ccc(C(F)(F)F)cc2Cl)S1)C(=O)O. The van der Waals surface area contributed by atoms with E-state index in [-0.39, 0.29) is 10.8 Å². The van der Waals surface area contributed by atoms with E-state index in [4.69, 9.17) is 26.2 Å². The maximum Gasteiger partial charge on any atom is 0.416 e. The molecule has 0 saturated heterocycles. The summed E-state index contributed by atoms with van der Waals surface area (Å²) in [4.78, 5) is 10.0. The number of carboxylic acids is 1. The van der Waals surface area contributed by atoms with Crippen LogP contribution in [0.5, 0.6) is 5.75 Å². The van der Waals surface area contributed by atoms with Crippen molar-refractivity contribution in [1.82, 2.24) is 0 Å². The van der Waals surface area contributed by atoms with E-state index in [1.54, 1.807) is 13.0 Å². The minimum atomic E-state index is -4.48. The Morgan fingerprint density at radius 1 is 1.46 bits per heavy atom. The molecule has 9 heteroatoms. The first-order valence-corrected chi connectivity index (χ1v) is 8.04. The van der Waals surface area contributed by atoms with Gasteiger partial charge in [-0.25, -0.2) is 4.79 Å². The molecule has 0 saturated carbocycles. The van der Waals surface area contributed by atoms with E-state index in [2.05, 4.69) is 0 Å². The van der Waals surface area contributed by atoms with Gasteiger partial charge in [0, 0.05) is 6.42 Å². The van der Waals surface area contributed by atoms with Gasteiger partial charge in [-0.3, -0.25) is 0 Å². The molecule has 1 aromatic rings. The molecule has 2 atom stereocenters. The van der Waals surface area contributed by atoms with Crippen molar-refractivity contribution in [3.63, 3.8) is 0 Å². The lowest BCUT2D eigenvalue weighted by atomic mass is 10.2. The molecule has 1 aromatic carbocycles. The summed E-state index contributed by atoms with van der Waals surface area (Å²) in [6.45, 7) is 3.12. The Morgan fingerprint density at radius 3 is 2.67 bits per heavy atom. The summed E-state index contributed by atoms with van der Waals surface area (Å²) in [7, 11) is 0. The molecule has 1 N–H and O–H groups in total. The molecule has 0 amide bonds. The van der Waals surface area contributed by atoms with Crippen molar-refractivity contribution in [2.45, 2.75) is 37.5 Å². The predicted octanol–water partition coefficient (Wildman–Crippen LogP) is 4.92. The van der Waals surface area contributed by atoms with Crippen LogP contribution in [0.25, 0.3) is 0 Å². The zero-order chi connectivity index (χ0) is 18.1. The second kappa shape index (κ2) is 6.85. The van der Waals surface area contributed by atoms with E-state index >= 15 is 0 Å². The van der Waals surface area contributed by atoms with Gasteiger partial charge in [0.25, 0.3) is 0 Å². The first kappa shape index (κ1) is 19.0. The second-order valence-electron chi connectivity index (χ2n) is 5.31. The van der Waals surface area contributed by atoms with Crippen molar-refractivity contribution in [3.8, 4) is 5.75 Å². The molecule has 0 aromatic heterocycles. The Labute approximate surface area is 145 Å². The van der Waals surface area contributed by atoms with Gasteiger partial charge in [0.1, 0.15) is 10.7 Å². The van der Waals surface area contributed by atoms with Crippen LogP contribution in [-0.2, 0) is 15.7 Å². The van der Waals surface area contributed by atoms with Crippen molar-refractivity contribution >= 4 is 29.3 Å². The summed E-state index contributed by atoms with van der Waals surface area (Å²) < 4.78 is 48.8. The number of carboxylic acid groups (broad SMARTS) is 1. The van der Waals surface area contributed by atoms with Crippen LogP contribution in [0, 0.1) is 0 Å². The molecule has 0 bridgehead atoms. The Kier molecular flexibility index (Phi) is 5.41. The molecule has 132 valence electrons. The third-order valence-corrected chi connectivity index (χ3v) is 4.64. The number of thioether (sulfide) groups is 1. The lowest BCUT2D eigenvalue weighted by Gasteiger charge is -2.26. The number of ether oxygens (including phenoxy) is 2.